The molecule has 1 atom stereocenters. The van der Waals surface area contributed by atoms with Crippen LogP contribution in [0, 0.1) is 11.6 Å². The van der Waals surface area contributed by atoms with Crippen molar-refractivity contribution in [2.75, 3.05) is 11.9 Å². The summed E-state index contributed by atoms with van der Waals surface area (Å²) in [5.74, 6) is -1.96. The lowest BCUT2D eigenvalue weighted by molar-refractivity contribution is 0.194. The van der Waals surface area contributed by atoms with Crippen LogP contribution in [0.2, 0.25) is 5.02 Å². The molecule has 0 aromatic heterocycles. The Morgan fingerprint density at radius 3 is 2.50 bits per heavy atom. The molecule has 1 N–H and O–H groups in total. The predicted octanol–water partition coefficient (Wildman–Crippen LogP) is 5.80. The number of nitrogens with zero attached hydrogens (tertiary/aromatic N) is 1. The zero-order chi connectivity index (χ0) is 19.7. The van der Waals surface area contributed by atoms with Gasteiger partial charge in [-0.05, 0) is 47.4 Å². The summed E-state index contributed by atoms with van der Waals surface area (Å²) in [4.78, 5) is 14.7. The molecule has 0 aliphatic carbocycles. The monoisotopic (exact) mass is 398 g/mol. The highest BCUT2D eigenvalue weighted by Crippen LogP contribution is 2.36. The van der Waals surface area contributed by atoms with Gasteiger partial charge in [-0.2, -0.15) is 0 Å². The summed E-state index contributed by atoms with van der Waals surface area (Å²) in [6.07, 6.45) is 0.714. The number of fused-ring (bicyclic) bond motifs is 1. The molecule has 1 aliphatic heterocycles. The predicted molar refractivity (Wildman–Crippen MR) is 106 cm³/mol. The maximum atomic E-state index is 13.5. The number of halogens is 3. The summed E-state index contributed by atoms with van der Waals surface area (Å²) in [7, 11) is 0. The topological polar surface area (TPSA) is 32.3 Å². The molecule has 1 aliphatic rings. The molecule has 1 heterocycles. The Labute approximate surface area is 166 Å². The average molecular weight is 399 g/mol. The number of carbonyl (C=O) groups is 1. The van der Waals surface area contributed by atoms with Crippen LogP contribution >= 0.6 is 11.6 Å². The zero-order valence-electron chi connectivity index (χ0n) is 14.8. The third kappa shape index (κ3) is 3.58. The number of carbonyl (C=O) groups excluding carboxylic acids is 1. The van der Waals surface area contributed by atoms with E-state index < -0.39 is 11.6 Å². The van der Waals surface area contributed by atoms with Gasteiger partial charge in [-0.15, -0.1) is 0 Å². The van der Waals surface area contributed by atoms with Gasteiger partial charge < -0.3 is 10.2 Å². The fourth-order valence-electron chi connectivity index (χ4n) is 3.56. The molecular weight excluding hydrogens is 382 g/mol. The number of anilines is 1. The third-order valence-corrected chi connectivity index (χ3v) is 5.15. The first-order chi connectivity index (χ1) is 13.5. The molecule has 142 valence electrons. The molecule has 28 heavy (non-hydrogen) atoms. The minimum absolute atomic E-state index is 0.206. The van der Waals surface area contributed by atoms with E-state index in [0.29, 0.717) is 18.0 Å². The Balaban J connectivity index is 1.68. The minimum atomic E-state index is -1.00. The van der Waals surface area contributed by atoms with E-state index in [1.165, 1.54) is 11.6 Å². The number of benzene rings is 3. The van der Waals surface area contributed by atoms with Crippen LogP contribution in [0.1, 0.15) is 22.7 Å². The lowest BCUT2D eigenvalue weighted by atomic mass is 9.88. The standard InChI is InChI=1S/C22H17ClF2N2O/c23-16-7-5-15(6-8-16)21-18-4-2-1-3-14(18)11-12-27(21)22(28)26-17-9-10-19(24)20(25)13-17/h1-10,13,21H,11-12H2,(H,26,28)/t21-/m1/s1. The van der Waals surface area contributed by atoms with E-state index in [4.69, 9.17) is 11.6 Å². The molecule has 3 nitrogen and oxygen atoms in total. The molecule has 4 rings (SSSR count). The first-order valence-corrected chi connectivity index (χ1v) is 9.26. The van der Waals surface area contributed by atoms with Gasteiger partial charge in [0, 0.05) is 23.3 Å². The van der Waals surface area contributed by atoms with Gasteiger partial charge in [0.25, 0.3) is 0 Å². The summed E-state index contributed by atoms with van der Waals surface area (Å²) >= 11 is 6.03. The number of hydrogen-bond donors (Lipinski definition) is 1. The second-order valence-electron chi connectivity index (χ2n) is 6.66. The Hall–Kier alpha value is -2.92. The number of nitrogens with one attached hydrogen (secondary N) is 1. The van der Waals surface area contributed by atoms with Crippen molar-refractivity contribution in [1.29, 1.82) is 0 Å². The van der Waals surface area contributed by atoms with Gasteiger partial charge in [0.2, 0.25) is 0 Å². The van der Waals surface area contributed by atoms with Crippen LogP contribution in [0.5, 0.6) is 0 Å². The van der Waals surface area contributed by atoms with Gasteiger partial charge in [-0.25, -0.2) is 13.6 Å². The molecule has 0 saturated carbocycles. The number of amides is 2. The van der Waals surface area contributed by atoms with Gasteiger partial charge in [-0.1, -0.05) is 48.0 Å². The summed E-state index contributed by atoms with van der Waals surface area (Å²) in [6.45, 7) is 0.500. The van der Waals surface area contributed by atoms with Gasteiger partial charge in [0.05, 0.1) is 6.04 Å². The van der Waals surface area contributed by atoms with Crippen LogP contribution in [-0.2, 0) is 6.42 Å². The van der Waals surface area contributed by atoms with E-state index in [-0.39, 0.29) is 17.8 Å². The molecule has 3 aromatic carbocycles. The highest BCUT2D eigenvalue weighted by molar-refractivity contribution is 6.30. The maximum Gasteiger partial charge on any atom is 0.322 e. The first-order valence-electron chi connectivity index (χ1n) is 8.89. The SMILES string of the molecule is O=C(Nc1ccc(F)c(F)c1)N1CCc2ccccc2[C@H]1c1ccc(Cl)cc1. The number of hydrogen-bond acceptors (Lipinski definition) is 1. The molecule has 6 heteroatoms. The molecule has 0 bridgehead atoms. The molecule has 2 amide bonds. The van der Waals surface area contributed by atoms with Gasteiger partial charge >= 0.3 is 6.03 Å². The maximum absolute atomic E-state index is 13.5. The van der Waals surface area contributed by atoms with Crippen molar-refractivity contribution in [3.63, 3.8) is 0 Å². The van der Waals surface area contributed by atoms with Crippen LogP contribution in [0.25, 0.3) is 0 Å². The second kappa shape index (κ2) is 7.60. The third-order valence-electron chi connectivity index (χ3n) is 4.90. The summed E-state index contributed by atoms with van der Waals surface area (Å²) in [5.41, 5.74) is 3.35. The fraction of sp³-hybridized carbons (Fsp3) is 0.136. The molecule has 0 spiro atoms. The van der Waals surface area contributed by atoms with E-state index in [0.717, 1.165) is 23.3 Å². The summed E-state index contributed by atoms with van der Waals surface area (Å²) in [5, 5.41) is 3.29. The molecule has 0 fully saturated rings. The number of urea groups is 1. The summed E-state index contributed by atoms with van der Waals surface area (Å²) < 4.78 is 26.7. The van der Waals surface area contributed by atoms with Crippen molar-refractivity contribution in [2.24, 2.45) is 0 Å². The van der Waals surface area contributed by atoms with Crippen molar-refractivity contribution in [2.45, 2.75) is 12.5 Å². The van der Waals surface area contributed by atoms with Crippen LogP contribution in [-0.4, -0.2) is 17.5 Å². The average Bonchev–Trinajstić information content (AvgIpc) is 2.70. The van der Waals surface area contributed by atoms with Crippen LogP contribution in [0.15, 0.2) is 66.7 Å². The Morgan fingerprint density at radius 1 is 1.00 bits per heavy atom. The molecule has 0 saturated heterocycles. The van der Waals surface area contributed by atoms with E-state index in [2.05, 4.69) is 11.4 Å². The normalized spacial score (nSPS) is 15.8. The molecule has 0 unspecified atom stereocenters. The highest BCUT2D eigenvalue weighted by atomic mass is 35.5. The van der Waals surface area contributed by atoms with Crippen LogP contribution in [0.4, 0.5) is 19.3 Å². The van der Waals surface area contributed by atoms with Crippen LogP contribution < -0.4 is 5.32 Å². The highest BCUT2D eigenvalue weighted by Gasteiger charge is 2.32. The second-order valence-corrected chi connectivity index (χ2v) is 7.09. The van der Waals surface area contributed by atoms with Crippen molar-refractivity contribution in [3.05, 3.63) is 100 Å². The van der Waals surface area contributed by atoms with E-state index in [9.17, 15) is 13.6 Å². The minimum Gasteiger partial charge on any atom is -0.313 e. The fourth-order valence-corrected chi connectivity index (χ4v) is 3.69. The Morgan fingerprint density at radius 2 is 1.75 bits per heavy atom. The lowest BCUT2D eigenvalue weighted by Gasteiger charge is -2.37. The van der Waals surface area contributed by atoms with Crippen molar-refractivity contribution < 1.29 is 13.6 Å². The van der Waals surface area contributed by atoms with Gasteiger partial charge in [0.1, 0.15) is 0 Å². The quantitative estimate of drug-likeness (QED) is 0.581. The van der Waals surface area contributed by atoms with Crippen LogP contribution in [0.3, 0.4) is 0 Å². The Kier molecular flexibility index (Phi) is 5.01. The van der Waals surface area contributed by atoms with Crippen molar-refractivity contribution in [3.8, 4) is 0 Å². The van der Waals surface area contributed by atoms with Crippen molar-refractivity contribution >= 4 is 23.3 Å². The first kappa shape index (κ1) is 18.4. The van der Waals surface area contributed by atoms with E-state index in [1.54, 1.807) is 17.0 Å². The number of rotatable bonds is 2. The van der Waals surface area contributed by atoms with Gasteiger partial charge in [0.15, 0.2) is 11.6 Å². The van der Waals surface area contributed by atoms with E-state index >= 15 is 0 Å². The lowest BCUT2D eigenvalue weighted by Crippen LogP contribution is -2.43. The smallest absolute Gasteiger partial charge is 0.313 e. The van der Waals surface area contributed by atoms with Crippen molar-refractivity contribution in [1.82, 2.24) is 4.90 Å². The molecular formula is C22H17ClF2N2O. The molecule has 3 aromatic rings. The summed E-state index contributed by atoms with van der Waals surface area (Å²) in [6, 6.07) is 18.0. The van der Waals surface area contributed by atoms with E-state index in [1.807, 2.05) is 30.3 Å². The molecule has 0 radical (unpaired) electrons. The zero-order valence-corrected chi connectivity index (χ0v) is 15.6. The van der Waals surface area contributed by atoms with Gasteiger partial charge in [-0.3, -0.25) is 0 Å². The largest absolute Gasteiger partial charge is 0.322 e. The Bertz CT molecular complexity index is 1020.